The van der Waals surface area contributed by atoms with Gasteiger partial charge >= 0.3 is 0 Å². The average molecular weight is 2300 g/mol. The lowest BCUT2D eigenvalue weighted by atomic mass is 10.1. The van der Waals surface area contributed by atoms with E-state index in [9.17, 15) is 21.9 Å². The Labute approximate surface area is 857 Å². The first-order valence-electron chi connectivity index (χ1n) is 41.8. The molecule has 1 saturated heterocycles. The van der Waals surface area contributed by atoms with Crippen LogP contribution in [0.1, 0.15) is 5.56 Å². The maximum atomic E-state index is 11.7. The van der Waals surface area contributed by atoms with Gasteiger partial charge in [0.25, 0.3) is 0 Å². The van der Waals surface area contributed by atoms with Gasteiger partial charge in [-0.3, -0.25) is 0 Å². The van der Waals surface area contributed by atoms with Crippen LogP contribution >= 0.6 is 138 Å². The number of phenols is 1. The Morgan fingerprint density at radius 3 is 1.17 bits per heavy atom. The predicted molar refractivity (Wildman–Crippen MR) is 566 cm³/mol. The maximum absolute atomic E-state index is 11.7. The van der Waals surface area contributed by atoms with Crippen molar-refractivity contribution in [2.75, 3.05) is 77.4 Å². The van der Waals surface area contributed by atoms with Crippen molar-refractivity contribution in [2.45, 2.75) is 16.7 Å². The monoisotopic (exact) mass is 2290 g/mol. The molecule has 0 spiro atoms. The minimum absolute atomic E-state index is 0.205. The van der Waals surface area contributed by atoms with Crippen LogP contribution in [0.5, 0.6) is 11.5 Å². The number of para-hydroxylation sites is 1. The number of hydrogen-bond donors (Lipinski definition) is 6. The van der Waals surface area contributed by atoms with E-state index in [1.54, 1.807) is 133 Å². The van der Waals surface area contributed by atoms with Crippen molar-refractivity contribution >= 4 is 249 Å². The van der Waals surface area contributed by atoms with E-state index in [1.165, 1.54) is 18.2 Å². The molecule has 21 rings (SSSR count). The van der Waals surface area contributed by atoms with E-state index in [0.29, 0.717) is 70.7 Å². The molecular weight excluding hydrogens is 2220 g/mol. The largest absolute Gasteiger partial charge is 0.508 e. The number of morpholine rings is 1. The molecule has 138 heavy (non-hydrogen) atoms. The SMILES string of the molecule is COc1ccccc1-c1cc(Nc2cccc(Cl)c2)n2ncc(Br)c2n1.CS(=O)(=O)c1ccc(Nc2cc(-c3ccc(Cl)cc3)nc3c(Br)cnn23)cc1.CS(=O)(=O)c1ccc(Nc2cc(-c3ccccc3Cl)nc3c(Br)cnn23)cc1.Cc1ccccc1-c1cc(Nc2cccc(O)c2)n2ncc(Br)c2n1.Clc1cccc(-c2cc(Nc3ccc(N4CCOCC4)cc3)n3ncc(Br)c3n2)c1Cl. The first kappa shape index (κ1) is 97.1. The van der Waals surface area contributed by atoms with Gasteiger partial charge in [-0.25, -0.2) is 41.8 Å². The number of rotatable bonds is 19. The number of aromatic hydroxyl groups is 1. The number of hydrogen-bond acceptors (Lipinski definition) is 23. The Morgan fingerprint density at radius 2 is 0.725 bits per heavy atom. The molecule has 40 heteroatoms. The molecule has 1 aliphatic rings. The van der Waals surface area contributed by atoms with E-state index in [0.717, 1.165) is 156 Å². The van der Waals surface area contributed by atoms with E-state index < -0.39 is 19.7 Å². The highest BCUT2D eigenvalue weighted by Crippen LogP contribution is 2.40. The van der Waals surface area contributed by atoms with Gasteiger partial charge in [0.2, 0.25) is 0 Å². The standard InChI is InChI=1S/C22H18BrCl2N5O.2C19H14BrClN4O2S.C19H14BrClN4O.C19H15BrN4O/c23-17-13-26-30-20(12-19(28-22(17)30)16-2-1-3-18(24)21(16)25)27-14-4-6-15(7-5-14)29-8-10-31-11-9-29;1-28(26,27)15-8-6-14(7-9-15)23-18-10-17(12-2-4-13(21)5-3-12)24-19-16(20)11-22-25(18)19;1-28(26,27)13-8-6-12(7-9-13)23-18-10-17(14-4-2-3-5-16(14)21)24-19-15(20)11-22-25(18)19;1-26-17-8-3-2-7-14(17)16-10-18(23-13-6-4-5-12(21)9-13)25-19(24-16)15(20)11-22-25;1-12-5-2-3-8-15(12)17-10-18(22-13-6-4-7-14(25)9-13)24-19(23-17)16(20)11-21-24/h1-7,12-13,27H,8-11H2;2*2-11,23H,1H3;2-11,23H,1H3;2-11,22,25H,1H3. The smallest absolute Gasteiger partial charge is 0.175 e. The van der Waals surface area contributed by atoms with Crippen molar-refractivity contribution in [3.05, 3.63) is 351 Å². The third-order valence-corrected chi connectivity index (χ3v) is 28.0. The van der Waals surface area contributed by atoms with E-state index in [4.69, 9.17) is 82.4 Å². The Balaban J connectivity index is 0.000000120. The number of aryl methyl sites for hydroxylation is 1. The second-order valence-corrected chi connectivity index (χ2v) is 41.2. The molecule has 1 fully saturated rings. The van der Waals surface area contributed by atoms with Crippen LogP contribution in [-0.4, -0.2) is 141 Å². The number of ether oxygens (including phenoxy) is 2. The number of nitrogens with one attached hydrogen (secondary N) is 5. The Kier molecular flexibility index (Phi) is 30.1. The highest BCUT2D eigenvalue weighted by molar-refractivity contribution is 9.11. The molecule has 0 bridgehead atoms. The van der Waals surface area contributed by atoms with E-state index in [-0.39, 0.29) is 15.5 Å². The molecule has 696 valence electrons. The van der Waals surface area contributed by atoms with Crippen LogP contribution in [-0.2, 0) is 24.4 Å². The molecule has 0 unspecified atom stereocenters. The molecular formula is C98H75Br5Cl5N21O7S2. The zero-order valence-corrected chi connectivity index (χ0v) is 86.1. The molecule has 0 amide bonds. The van der Waals surface area contributed by atoms with Crippen molar-refractivity contribution in [3.8, 4) is 67.8 Å². The van der Waals surface area contributed by atoms with Gasteiger partial charge in [-0.2, -0.15) is 48.1 Å². The number of nitrogens with zero attached hydrogens (tertiary/aromatic N) is 16. The van der Waals surface area contributed by atoms with Crippen molar-refractivity contribution < 1.29 is 31.4 Å². The molecule has 28 nitrogen and oxygen atoms in total. The summed E-state index contributed by atoms with van der Waals surface area (Å²) in [7, 11) is -4.84. The zero-order valence-electron chi connectivity index (χ0n) is 72.8. The molecule has 0 aliphatic carbocycles. The molecule has 6 N–H and O–H groups in total. The lowest BCUT2D eigenvalue weighted by Crippen LogP contribution is -2.36. The van der Waals surface area contributed by atoms with Gasteiger partial charge < -0.3 is 46.1 Å². The summed E-state index contributed by atoms with van der Waals surface area (Å²) in [6, 6.07) is 81.8. The number of benzene rings is 10. The number of fused-ring (bicyclic) bond motifs is 5. The van der Waals surface area contributed by atoms with E-state index in [1.807, 2.05) is 158 Å². The first-order chi connectivity index (χ1) is 66.5. The molecule has 0 radical (unpaired) electrons. The van der Waals surface area contributed by atoms with Gasteiger partial charge in [-0.15, -0.1) is 0 Å². The van der Waals surface area contributed by atoms with Gasteiger partial charge in [0.15, 0.2) is 47.9 Å². The van der Waals surface area contributed by atoms with Crippen LogP contribution in [0.15, 0.2) is 330 Å². The summed E-state index contributed by atoms with van der Waals surface area (Å²) >= 11 is 48.6. The number of sulfone groups is 2. The van der Waals surface area contributed by atoms with Crippen LogP contribution < -0.4 is 36.2 Å². The van der Waals surface area contributed by atoms with Crippen molar-refractivity contribution in [1.29, 1.82) is 0 Å². The second-order valence-electron chi connectivity index (χ2n) is 30.8. The topological polar surface area (TPSA) is 321 Å². The van der Waals surface area contributed by atoms with Gasteiger partial charge in [-0.1, -0.05) is 149 Å². The average Bonchev–Trinajstić information content (AvgIpc) is 1.60. The Hall–Kier alpha value is -12.6. The summed E-state index contributed by atoms with van der Waals surface area (Å²) in [6.45, 7) is 5.40. The van der Waals surface area contributed by atoms with E-state index >= 15 is 0 Å². The van der Waals surface area contributed by atoms with Gasteiger partial charge in [-0.05, 0) is 232 Å². The normalized spacial score (nSPS) is 12.0. The number of methoxy groups -OCH3 is 1. The third-order valence-electron chi connectivity index (χ3n) is 21.3. The molecule has 0 atom stereocenters. The Morgan fingerprint density at radius 1 is 0.362 bits per heavy atom. The minimum atomic E-state index is -3.25. The number of anilines is 11. The summed E-state index contributed by atoms with van der Waals surface area (Å²) in [5, 5.41) is 51.1. The van der Waals surface area contributed by atoms with Crippen LogP contribution in [0.3, 0.4) is 0 Å². The summed E-state index contributed by atoms with van der Waals surface area (Å²) in [4.78, 5) is 26.4. The minimum Gasteiger partial charge on any atom is -0.508 e. The fourth-order valence-electron chi connectivity index (χ4n) is 14.6. The van der Waals surface area contributed by atoms with Gasteiger partial charge in [0.05, 0.1) is 122 Å². The fraction of sp³-hybridized carbons (Fsp3) is 0.0816. The second kappa shape index (κ2) is 42.8. The van der Waals surface area contributed by atoms with Gasteiger partial charge in [0, 0.05) is 139 Å². The molecule has 10 aromatic carbocycles. The first-order valence-corrected chi connectivity index (χ1v) is 51.4. The number of phenolic OH excluding ortho intramolecular Hbond substituents is 1. The quantitative estimate of drug-likeness (QED) is 0.0438. The highest BCUT2D eigenvalue weighted by atomic mass is 79.9. The molecule has 0 saturated carbocycles. The number of halogens is 10. The zero-order chi connectivity index (χ0) is 96.6. The fourth-order valence-corrected chi connectivity index (χ4v) is 18.5. The van der Waals surface area contributed by atoms with E-state index in [2.05, 4.69) is 190 Å². The Bertz CT molecular complexity index is 8170. The summed E-state index contributed by atoms with van der Waals surface area (Å²) < 4.78 is 70.0. The highest BCUT2D eigenvalue weighted by Gasteiger charge is 2.23. The van der Waals surface area contributed by atoms with Crippen LogP contribution in [0.25, 0.3) is 84.5 Å². The van der Waals surface area contributed by atoms with Crippen molar-refractivity contribution in [3.63, 3.8) is 0 Å². The van der Waals surface area contributed by atoms with Crippen LogP contribution in [0.4, 0.5) is 63.2 Å². The van der Waals surface area contributed by atoms with Crippen LogP contribution in [0.2, 0.25) is 25.1 Å². The third kappa shape index (κ3) is 22.7. The van der Waals surface area contributed by atoms with Crippen molar-refractivity contribution in [2.24, 2.45) is 0 Å². The number of aromatic nitrogens is 15. The van der Waals surface area contributed by atoms with Crippen LogP contribution in [0, 0.1) is 6.92 Å². The summed E-state index contributed by atoms with van der Waals surface area (Å²) in [5.74, 6) is 4.61. The molecule has 11 heterocycles. The summed E-state index contributed by atoms with van der Waals surface area (Å²) in [5.41, 5.74) is 18.0. The predicted octanol–water partition coefficient (Wildman–Crippen LogP) is 26.4. The molecule has 20 aromatic rings. The molecule has 10 aromatic heterocycles. The lowest BCUT2D eigenvalue weighted by Gasteiger charge is -2.29. The lowest BCUT2D eigenvalue weighted by molar-refractivity contribution is 0.122. The summed E-state index contributed by atoms with van der Waals surface area (Å²) in [6.07, 6.45) is 10.9. The maximum Gasteiger partial charge on any atom is 0.175 e. The molecule has 1 aliphatic heterocycles. The van der Waals surface area contributed by atoms with Gasteiger partial charge in [0.1, 0.15) is 40.6 Å². The van der Waals surface area contributed by atoms with Crippen molar-refractivity contribution in [1.82, 2.24) is 73.0 Å².